The van der Waals surface area contributed by atoms with Gasteiger partial charge in [0.2, 0.25) is 47.3 Å². The molecule has 19 N–H and O–H groups in total. The Bertz CT molecular complexity index is 1640. The highest BCUT2D eigenvalue weighted by atomic mass is 16.4. The average molecular weight is 889 g/mol. The first kappa shape index (κ1) is 55.4. The Balaban J connectivity index is 6.32. The number of carboxylic acids is 3. The summed E-state index contributed by atoms with van der Waals surface area (Å²) in [6, 6.07) is -10.5. The molecule has 27 nitrogen and oxygen atoms in total. The average Bonchev–Trinajstić information content (AvgIpc) is 3.17. The number of carboxylic acid groups (broad SMARTS) is 3. The summed E-state index contributed by atoms with van der Waals surface area (Å²) in [5.41, 5.74) is 21.5. The molecule has 0 spiro atoms. The van der Waals surface area contributed by atoms with Gasteiger partial charge in [-0.3, -0.25) is 52.9 Å². The van der Waals surface area contributed by atoms with Gasteiger partial charge in [-0.2, -0.15) is 0 Å². The van der Waals surface area contributed by atoms with Crippen molar-refractivity contribution in [1.82, 2.24) is 37.2 Å². The van der Waals surface area contributed by atoms with Crippen LogP contribution in [0.3, 0.4) is 0 Å². The lowest BCUT2D eigenvalue weighted by Gasteiger charge is -2.27. The van der Waals surface area contributed by atoms with Crippen LogP contribution in [-0.4, -0.2) is 154 Å². The molecule has 0 aromatic heterocycles. The zero-order chi connectivity index (χ0) is 47.7. The molecule has 0 bridgehead atoms. The number of aliphatic carboxylic acids is 3. The molecule has 0 aliphatic rings. The molecule has 27 heteroatoms. The summed E-state index contributed by atoms with van der Waals surface area (Å²) in [5, 5.41) is 52.7. The zero-order valence-electron chi connectivity index (χ0n) is 34.6. The Kier molecular flexibility index (Phi) is 25.7. The second-order valence-corrected chi connectivity index (χ2v) is 14.4. The summed E-state index contributed by atoms with van der Waals surface area (Å²) in [6.07, 6.45) is -3.31. The maximum atomic E-state index is 13.7. The number of aliphatic hydroxyl groups excluding tert-OH is 1. The van der Waals surface area contributed by atoms with Gasteiger partial charge in [0, 0.05) is 25.8 Å². The first-order valence-electron chi connectivity index (χ1n) is 19.3. The monoisotopic (exact) mass is 888 g/mol. The summed E-state index contributed by atoms with van der Waals surface area (Å²) in [7, 11) is 0. The molecule has 0 fully saturated rings. The summed E-state index contributed by atoms with van der Waals surface area (Å²) in [4.78, 5) is 141. The van der Waals surface area contributed by atoms with Gasteiger partial charge >= 0.3 is 17.9 Å². The molecule has 0 saturated heterocycles. The third-order valence-electron chi connectivity index (χ3n) is 8.50. The van der Waals surface area contributed by atoms with Crippen molar-refractivity contribution in [2.24, 2.45) is 33.8 Å². The van der Waals surface area contributed by atoms with Gasteiger partial charge in [-0.15, -0.1) is 0 Å². The van der Waals surface area contributed by atoms with E-state index in [0.717, 1.165) is 6.92 Å². The van der Waals surface area contributed by atoms with Crippen LogP contribution in [0.2, 0.25) is 0 Å². The Morgan fingerprint density at radius 3 is 1.48 bits per heavy atom. The maximum absolute atomic E-state index is 13.7. The second kappa shape index (κ2) is 28.8. The Labute approximate surface area is 355 Å². The van der Waals surface area contributed by atoms with E-state index < -0.39 is 153 Å². The molecule has 0 heterocycles. The number of rotatable bonds is 31. The lowest BCUT2D eigenvalue weighted by Crippen LogP contribution is -2.59. The SMILES string of the molecule is CC(C)C[C@H](NC(=O)CNC(=O)[C@@H](N)CO)C(=O)N[C@@H](CCC(N)=O)C(=O)N[C@@H](CCCN=C(N)N)C(=O)N[C@@H](C)C(=O)N[C@@H](CCC(=O)O)C(=O)N[C@@H](CCC(=O)O)C(=O)O. The molecule has 0 aromatic carbocycles. The van der Waals surface area contributed by atoms with Crippen LogP contribution in [0.5, 0.6) is 0 Å². The predicted octanol–water partition coefficient (Wildman–Crippen LogP) is -6.47. The van der Waals surface area contributed by atoms with E-state index in [2.05, 4.69) is 42.2 Å². The predicted molar refractivity (Wildman–Crippen MR) is 214 cm³/mol. The fraction of sp³-hybridized carbons (Fsp3) is 0.657. The van der Waals surface area contributed by atoms with E-state index in [1.807, 2.05) is 0 Å². The number of guanidine groups is 1. The van der Waals surface area contributed by atoms with Gasteiger partial charge in [0.05, 0.1) is 13.2 Å². The minimum atomic E-state index is -1.71. The van der Waals surface area contributed by atoms with E-state index in [4.69, 9.17) is 33.1 Å². The molecule has 0 rings (SSSR count). The number of aliphatic hydroxyl groups is 1. The van der Waals surface area contributed by atoms with Crippen LogP contribution < -0.4 is 60.2 Å². The number of carbonyl (C=O) groups is 11. The molecule has 0 aliphatic heterocycles. The number of hydrogen-bond acceptors (Lipinski definition) is 14. The lowest BCUT2D eigenvalue weighted by molar-refractivity contribution is -0.144. The van der Waals surface area contributed by atoms with Crippen LogP contribution in [0.1, 0.15) is 78.6 Å². The van der Waals surface area contributed by atoms with E-state index in [-0.39, 0.29) is 44.1 Å². The molecule has 350 valence electrons. The van der Waals surface area contributed by atoms with Gasteiger partial charge in [0.1, 0.15) is 42.3 Å². The van der Waals surface area contributed by atoms with Crippen molar-refractivity contribution in [1.29, 1.82) is 0 Å². The normalized spacial score (nSPS) is 14.2. The molecule has 0 radical (unpaired) electrons. The fourth-order valence-electron chi connectivity index (χ4n) is 5.21. The highest BCUT2D eigenvalue weighted by Crippen LogP contribution is 2.09. The number of hydrogen-bond donors (Lipinski definition) is 15. The molecule has 62 heavy (non-hydrogen) atoms. The minimum Gasteiger partial charge on any atom is -0.481 e. The quantitative estimate of drug-likeness (QED) is 0.0175. The van der Waals surface area contributed by atoms with Crippen LogP contribution in [0.4, 0.5) is 0 Å². The van der Waals surface area contributed by atoms with Gasteiger partial charge in [-0.05, 0) is 51.4 Å². The smallest absolute Gasteiger partial charge is 0.326 e. The zero-order valence-corrected chi connectivity index (χ0v) is 34.6. The van der Waals surface area contributed by atoms with Crippen LogP contribution >= 0.6 is 0 Å². The molecule has 0 saturated carbocycles. The standard InChI is InChI=1S/C35H60N12O15/c1-16(2)13-23(43-25(50)14-41-29(56)18(36)15-48)33(60)46-20(6-9-24(37)49)31(58)45-19(5-4-12-40-35(38)39)30(57)42-17(3)28(55)44-21(7-10-26(51)52)32(59)47-22(34(61)62)8-11-27(53)54/h16-23,48H,4-15,36H2,1-3H3,(H2,37,49)(H,41,56)(H,42,57)(H,43,50)(H,44,55)(H,45,58)(H,46,60)(H,47,59)(H,51,52)(H,53,54)(H,61,62)(H4,38,39,40)/t17-,18-,19-,20-,21-,22-,23-/m0/s1. The van der Waals surface area contributed by atoms with Crippen molar-refractivity contribution in [2.45, 2.75) is 121 Å². The van der Waals surface area contributed by atoms with Crippen LogP contribution in [0.15, 0.2) is 4.99 Å². The number of nitrogens with one attached hydrogen (secondary N) is 7. The number of primary amides is 1. The highest BCUT2D eigenvalue weighted by Gasteiger charge is 2.33. The molecule has 8 amide bonds. The first-order valence-corrected chi connectivity index (χ1v) is 19.3. The van der Waals surface area contributed by atoms with E-state index in [1.165, 1.54) is 0 Å². The van der Waals surface area contributed by atoms with E-state index in [1.54, 1.807) is 13.8 Å². The van der Waals surface area contributed by atoms with Crippen molar-refractivity contribution in [3.05, 3.63) is 0 Å². The van der Waals surface area contributed by atoms with Crippen molar-refractivity contribution >= 4 is 71.1 Å². The van der Waals surface area contributed by atoms with Gasteiger partial charge < -0.3 is 80.6 Å². The van der Waals surface area contributed by atoms with Gasteiger partial charge in [0.25, 0.3) is 0 Å². The van der Waals surface area contributed by atoms with Crippen LogP contribution in [-0.2, 0) is 52.7 Å². The van der Waals surface area contributed by atoms with Gasteiger partial charge in [-0.1, -0.05) is 13.8 Å². The molecule has 0 unspecified atom stereocenters. The van der Waals surface area contributed by atoms with Crippen molar-refractivity contribution in [3.63, 3.8) is 0 Å². The Morgan fingerprint density at radius 2 is 1.02 bits per heavy atom. The summed E-state index contributed by atoms with van der Waals surface area (Å²) < 4.78 is 0. The maximum Gasteiger partial charge on any atom is 0.326 e. The number of carbonyl (C=O) groups excluding carboxylic acids is 8. The molecule has 7 atom stereocenters. The number of nitrogens with two attached hydrogens (primary N) is 4. The topological polar surface area (TPSA) is 469 Å². The molecule has 0 aromatic rings. The number of nitrogens with zero attached hydrogens (tertiary/aromatic N) is 1. The number of aliphatic imine (C=N–C) groups is 1. The first-order chi connectivity index (χ1) is 28.9. The summed E-state index contributed by atoms with van der Waals surface area (Å²) in [5.74, 6) is -12.5. The largest absolute Gasteiger partial charge is 0.481 e. The Morgan fingerprint density at radius 1 is 0.565 bits per heavy atom. The third kappa shape index (κ3) is 23.8. The van der Waals surface area contributed by atoms with E-state index >= 15 is 0 Å². The van der Waals surface area contributed by atoms with E-state index in [0.29, 0.717) is 0 Å². The Hall–Kier alpha value is -6.64. The van der Waals surface area contributed by atoms with Crippen molar-refractivity contribution in [2.75, 3.05) is 19.7 Å². The molecular weight excluding hydrogens is 828 g/mol. The van der Waals surface area contributed by atoms with Gasteiger partial charge in [-0.25, -0.2) is 4.79 Å². The third-order valence-corrected chi connectivity index (χ3v) is 8.50. The van der Waals surface area contributed by atoms with Crippen LogP contribution in [0.25, 0.3) is 0 Å². The fourth-order valence-corrected chi connectivity index (χ4v) is 5.21. The van der Waals surface area contributed by atoms with Crippen molar-refractivity contribution in [3.8, 4) is 0 Å². The van der Waals surface area contributed by atoms with Gasteiger partial charge in [0.15, 0.2) is 5.96 Å². The lowest BCUT2D eigenvalue weighted by atomic mass is 10.0. The van der Waals surface area contributed by atoms with Crippen molar-refractivity contribution < 1.29 is 73.2 Å². The highest BCUT2D eigenvalue weighted by molar-refractivity contribution is 5.97. The second-order valence-electron chi connectivity index (χ2n) is 14.4. The van der Waals surface area contributed by atoms with Crippen LogP contribution in [0, 0.1) is 5.92 Å². The minimum absolute atomic E-state index is 0.0330. The summed E-state index contributed by atoms with van der Waals surface area (Å²) in [6.45, 7) is 3.27. The summed E-state index contributed by atoms with van der Waals surface area (Å²) >= 11 is 0. The van der Waals surface area contributed by atoms with E-state index in [9.17, 15) is 63.0 Å². The molecular formula is C35H60N12O15. The molecule has 0 aliphatic carbocycles. The number of amides is 8.